The van der Waals surface area contributed by atoms with Gasteiger partial charge in [0.05, 0.1) is 6.61 Å². The maximum Gasteiger partial charge on any atom is 0.221 e. The van der Waals surface area contributed by atoms with Gasteiger partial charge in [-0.2, -0.15) is 0 Å². The highest BCUT2D eigenvalue weighted by Crippen LogP contribution is 2.44. The topological polar surface area (TPSA) is 66.4 Å². The van der Waals surface area contributed by atoms with Gasteiger partial charge in [-0.05, 0) is 133 Å². The van der Waals surface area contributed by atoms with Crippen molar-refractivity contribution in [3.63, 3.8) is 0 Å². The van der Waals surface area contributed by atoms with Crippen molar-refractivity contribution in [1.29, 1.82) is 0 Å². The highest BCUT2D eigenvalue weighted by molar-refractivity contribution is 7.15. The molecule has 2 aromatic carbocycles. The average molecular weight is 749 g/mol. The zero-order valence-electron chi connectivity index (χ0n) is 31.2. The third-order valence-corrected chi connectivity index (χ3v) is 12.9. The molecule has 1 aliphatic rings. The van der Waals surface area contributed by atoms with Gasteiger partial charge in [-0.1, -0.05) is 24.3 Å². The number of rotatable bonds is 13. The van der Waals surface area contributed by atoms with Crippen LogP contribution in [0, 0.1) is 12.7 Å². The lowest BCUT2D eigenvalue weighted by atomic mass is 9.86. The Labute approximate surface area is 296 Å². The number of hydrogen-bond acceptors (Lipinski definition) is 7. The highest BCUT2D eigenvalue weighted by atomic mass is 32.1. The smallest absolute Gasteiger partial charge is 0.221 e. The van der Waals surface area contributed by atoms with Gasteiger partial charge in [0.2, 0.25) is 5.79 Å². The Morgan fingerprint density at radius 1 is 0.750 bits per heavy atom. The van der Waals surface area contributed by atoms with Crippen LogP contribution >= 0.6 is 11.3 Å². The van der Waals surface area contributed by atoms with Gasteiger partial charge in [-0.15, -0.1) is 11.3 Å². The summed E-state index contributed by atoms with van der Waals surface area (Å²) in [5, 5.41) is 13.0. The number of ether oxygens (including phenoxy) is 1. The lowest BCUT2D eigenvalue weighted by molar-refractivity contribution is -0.348. The van der Waals surface area contributed by atoms with Gasteiger partial charge in [-0.25, -0.2) is 4.39 Å². The number of benzene rings is 2. The van der Waals surface area contributed by atoms with Gasteiger partial charge in [0, 0.05) is 21.7 Å². The molecule has 12 heteroatoms. The molecule has 3 aromatic rings. The molecule has 6 nitrogen and oxygen atoms in total. The number of halogens is 1. The summed E-state index contributed by atoms with van der Waals surface area (Å²) in [6, 6.07) is 16.9. The third kappa shape index (κ3) is 10.8. The van der Waals surface area contributed by atoms with Crippen molar-refractivity contribution in [3.8, 4) is 10.4 Å². The summed E-state index contributed by atoms with van der Waals surface area (Å²) < 4.78 is 47.7. The second-order valence-electron chi connectivity index (χ2n) is 16.9. The van der Waals surface area contributed by atoms with E-state index in [-0.39, 0.29) is 5.82 Å². The van der Waals surface area contributed by atoms with E-state index in [1.807, 2.05) is 18.2 Å². The predicted octanol–water partition coefficient (Wildman–Crippen LogP) is 9.51. The number of aryl methyl sites for hydroxylation is 1. The van der Waals surface area contributed by atoms with Crippen LogP contribution in [0.5, 0.6) is 0 Å². The first-order valence-corrected chi connectivity index (χ1v) is 31.4. The fourth-order valence-corrected chi connectivity index (χ4v) is 10.7. The molecular weight excluding hydrogens is 692 g/mol. The molecule has 1 aromatic heterocycles. The minimum atomic E-state index is -2.26. The SMILES string of the molecule is Cc1ccc([C@@]2(O)O[C@H](CO[Si](C)(C)C)[C@@H](O[Si](C)(C)C)[C@H](O[Si](C)(C)C)[C@H]2O[Si](C)(C)C)cc1Cc1ccc(-c2ccc(F)cc2)s1. The van der Waals surface area contributed by atoms with E-state index in [0.29, 0.717) is 18.6 Å². The van der Waals surface area contributed by atoms with Crippen LogP contribution in [-0.2, 0) is 34.6 Å². The quantitative estimate of drug-likeness (QED) is 0.176. The zero-order chi connectivity index (χ0) is 35.9. The first kappa shape index (κ1) is 39.5. The van der Waals surface area contributed by atoms with Crippen LogP contribution in [0.4, 0.5) is 4.39 Å². The second kappa shape index (κ2) is 14.7. The maximum atomic E-state index is 13.5. The normalized spacial score (nSPS) is 24.2. The Morgan fingerprint density at radius 3 is 1.90 bits per heavy atom. The molecule has 0 amide bonds. The lowest BCUT2D eigenvalue weighted by Crippen LogP contribution is -2.69. The molecule has 2 heterocycles. The molecule has 1 fully saturated rings. The van der Waals surface area contributed by atoms with Crippen LogP contribution < -0.4 is 0 Å². The molecule has 0 spiro atoms. The summed E-state index contributed by atoms with van der Waals surface area (Å²) in [5.74, 6) is -2.05. The van der Waals surface area contributed by atoms with Crippen molar-refractivity contribution >= 4 is 44.6 Å². The van der Waals surface area contributed by atoms with Crippen LogP contribution in [0.3, 0.4) is 0 Å². The Morgan fingerprint density at radius 2 is 1.33 bits per heavy atom. The molecule has 1 saturated heterocycles. The van der Waals surface area contributed by atoms with E-state index in [1.165, 1.54) is 17.0 Å². The third-order valence-electron chi connectivity index (χ3n) is 7.76. The molecule has 0 aliphatic carbocycles. The van der Waals surface area contributed by atoms with E-state index >= 15 is 0 Å². The van der Waals surface area contributed by atoms with Crippen LogP contribution in [0.1, 0.15) is 21.6 Å². The van der Waals surface area contributed by atoms with E-state index in [4.69, 9.17) is 22.4 Å². The zero-order valence-corrected chi connectivity index (χ0v) is 36.0. The van der Waals surface area contributed by atoms with Gasteiger partial charge in [0.15, 0.2) is 33.3 Å². The standard InChI is InChI=1S/C36H57FO6SSi4/c1-25-14-17-28(22-27(25)23-30-20-21-32(44-30)26-15-18-29(37)19-16-26)36(38)35(43-48(11,12)13)34(42-47(8,9)10)33(41-46(5,6)7)31(40-36)24-39-45(2,3)4/h14-22,31,33-35,38H,23-24H2,1-13H3/t31-,33-,34+,35-,36-/m1/s1. The summed E-state index contributed by atoms with van der Waals surface area (Å²) in [6.45, 7) is 28.2. The molecule has 48 heavy (non-hydrogen) atoms. The van der Waals surface area contributed by atoms with Crippen molar-refractivity contribution in [2.45, 2.75) is 122 Å². The van der Waals surface area contributed by atoms with Crippen LogP contribution in [0.25, 0.3) is 10.4 Å². The Balaban J connectivity index is 1.81. The maximum absolute atomic E-state index is 13.5. The minimum absolute atomic E-state index is 0.243. The van der Waals surface area contributed by atoms with Crippen molar-refractivity contribution < 1.29 is 31.9 Å². The van der Waals surface area contributed by atoms with Crippen LogP contribution in [0.15, 0.2) is 54.6 Å². The number of aliphatic hydroxyl groups is 1. The van der Waals surface area contributed by atoms with Gasteiger partial charge in [-0.3, -0.25) is 0 Å². The Kier molecular flexibility index (Phi) is 12.1. The van der Waals surface area contributed by atoms with Crippen molar-refractivity contribution in [3.05, 3.63) is 82.0 Å². The van der Waals surface area contributed by atoms with Crippen molar-refractivity contribution in [2.24, 2.45) is 0 Å². The van der Waals surface area contributed by atoms with Crippen LogP contribution in [-0.4, -0.2) is 69.4 Å². The molecule has 0 saturated carbocycles. The molecule has 1 N–H and O–H groups in total. The van der Waals surface area contributed by atoms with E-state index in [2.05, 4.69) is 110 Å². The fourth-order valence-electron chi connectivity index (χ4n) is 5.80. The van der Waals surface area contributed by atoms with Crippen molar-refractivity contribution in [1.82, 2.24) is 0 Å². The summed E-state index contributed by atoms with van der Waals surface area (Å²) in [6.07, 6.45) is -1.74. The number of hydrogen-bond donors (Lipinski definition) is 1. The monoisotopic (exact) mass is 748 g/mol. The van der Waals surface area contributed by atoms with Gasteiger partial charge < -0.3 is 27.5 Å². The van der Waals surface area contributed by atoms with Gasteiger partial charge in [0.25, 0.3) is 0 Å². The van der Waals surface area contributed by atoms with Gasteiger partial charge in [0.1, 0.15) is 30.2 Å². The first-order valence-electron chi connectivity index (χ1n) is 16.9. The van der Waals surface area contributed by atoms with E-state index in [1.54, 1.807) is 11.3 Å². The molecular formula is C36H57FO6SSi4. The van der Waals surface area contributed by atoms with Crippen LogP contribution in [0.2, 0.25) is 78.6 Å². The predicted molar refractivity (Wildman–Crippen MR) is 206 cm³/mol. The Hall–Kier alpha value is -1.30. The summed E-state index contributed by atoms with van der Waals surface area (Å²) in [5.41, 5.74) is 3.83. The van der Waals surface area contributed by atoms with Gasteiger partial charge >= 0.3 is 0 Å². The molecule has 1 aliphatic heterocycles. The largest absolute Gasteiger partial charge is 0.415 e. The lowest BCUT2D eigenvalue weighted by Gasteiger charge is -2.54. The highest BCUT2D eigenvalue weighted by Gasteiger charge is 2.59. The summed E-state index contributed by atoms with van der Waals surface area (Å²) in [7, 11) is -8.49. The van der Waals surface area contributed by atoms with E-state index in [9.17, 15) is 9.50 Å². The number of thiophene rings is 1. The summed E-state index contributed by atoms with van der Waals surface area (Å²) in [4.78, 5) is 2.26. The first-order chi connectivity index (χ1) is 21.9. The average Bonchev–Trinajstić information content (AvgIpc) is 3.39. The second-order valence-corrected chi connectivity index (χ2v) is 36.0. The molecule has 266 valence electrons. The van der Waals surface area contributed by atoms with Crippen molar-refractivity contribution in [2.75, 3.05) is 6.61 Å². The van der Waals surface area contributed by atoms with E-state index in [0.717, 1.165) is 21.6 Å². The molecule has 0 unspecified atom stereocenters. The molecule has 0 radical (unpaired) electrons. The minimum Gasteiger partial charge on any atom is -0.415 e. The fraction of sp³-hybridized carbons (Fsp3) is 0.556. The Bertz CT molecular complexity index is 1520. The molecule has 0 bridgehead atoms. The molecule has 5 atom stereocenters. The van der Waals surface area contributed by atoms with E-state index < -0.39 is 63.5 Å². The molecule has 4 rings (SSSR count). The summed E-state index contributed by atoms with van der Waals surface area (Å²) >= 11 is 1.69.